The Hall–Kier alpha value is -1.61. The number of benzene rings is 1. The fourth-order valence-corrected chi connectivity index (χ4v) is 1.42. The molecule has 2 aromatic rings. The molecular weight excluding hydrogens is 215 g/mol. The van der Waals surface area contributed by atoms with Crippen molar-refractivity contribution in [3.05, 3.63) is 47.4 Å². The summed E-state index contributed by atoms with van der Waals surface area (Å²) >= 11 is 5.83. The van der Waals surface area contributed by atoms with Gasteiger partial charge in [-0.15, -0.1) is 0 Å². The van der Waals surface area contributed by atoms with Gasteiger partial charge in [-0.1, -0.05) is 23.7 Å². The van der Waals surface area contributed by atoms with Crippen molar-refractivity contribution in [2.45, 2.75) is 0 Å². The van der Waals surface area contributed by atoms with Crippen LogP contribution in [0.15, 0.2) is 36.5 Å². The van der Waals surface area contributed by atoms with Crippen molar-refractivity contribution in [3.8, 4) is 11.1 Å². The molecule has 15 heavy (non-hydrogen) atoms. The summed E-state index contributed by atoms with van der Waals surface area (Å²) < 4.78 is 12.7. The van der Waals surface area contributed by atoms with Crippen LogP contribution in [0.1, 0.15) is 0 Å². The van der Waals surface area contributed by atoms with Gasteiger partial charge in [-0.3, -0.25) is 0 Å². The summed E-state index contributed by atoms with van der Waals surface area (Å²) in [5.74, 6) is 0.0239. The van der Waals surface area contributed by atoms with Crippen LogP contribution in [0.5, 0.6) is 0 Å². The molecule has 0 saturated heterocycles. The lowest BCUT2D eigenvalue weighted by Crippen LogP contribution is -1.91. The highest BCUT2D eigenvalue weighted by Crippen LogP contribution is 2.24. The van der Waals surface area contributed by atoms with E-state index in [4.69, 9.17) is 17.3 Å². The molecule has 76 valence electrons. The molecule has 1 aromatic carbocycles. The van der Waals surface area contributed by atoms with Crippen LogP contribution < -0.4 is 5.73 Å². The van der Waals surface area contributed by atoms with Crippen molar-refractivity contribution < 1.29 is 4.39 Å². The Morgan fingerprint density at radius 3 is 2.40 bits per heavy atom. The molecule has 0 bridgehead atoms. The summed E-state index contributed by atoms with van der Waals surface area (Å²) in [5, 5.41) is 0.400. The second-order valence-electron chi connectivity index (χ2n) is 3.10. The second-order valence-corrected chi connectivity index (χ2v) is 3.51. The molecule has 0 fully saturated rings. The first-order chi connectivity index (χ1) is 7.16. The fourth-order valence-electron chi connectivity index (χ4n) is 1.25. The SMILES string of the molecule is Nc1ncc(-c2ccc(F)cc2)cc1Cl. The Bertz CT molecular complexity index is 482. The molecule has 0 aliphatic carbocycles. The van der Waals surface area contributed by atoms with Crippen molar-refractivity contribution in [3.63, 3.8) is 0 Å². The predicted octanol–water partition coefficient (Wildman–Crippen LogP) is 3.12. The molecule has 1 aromatic heterocycles. The van der Waals surface area contributed by atoms with E-state index in [0.29, 0.717) is 10.8 Å². The Morgan fingerprint density at radius 1 is 1.13 bits per heavy atom. The number of rotatable bonds is 1. The number of nitrogen functional groups attached to an aromatic ring is 1. The van der Waals surface area contributed by atoms with Crippen molar-refractivity contribution in [1.29, 1.82) is 0 Å². The molecule has 1 heterocycles. The minimum atomic E-state index is -0.270. The van der Waals surface area contributed by atoms with Crippen molar-refractivity contribution >= 4 is 17.4 Å². The van der Waals surface area contributed by atoms with Gasteiger partial charge in [0.2, 0.25) is 0 Å². The third-order valence-corrected chi connectivity index (χ3v) is 2.35. The van der Waals surface area contributed by atoms with E-state index in [2.05, 4.69) is 4.98 Å². The van der Waals surface area contributed by atoms with Crippen LogP contribution in [0.2, 0.25) is 5.02 Å². The third-order valence-electron chi connectivity index (χ3n) is 2.05. The first kappa shape index (κ1) is 9.93. The third kappa shape index (κ3) is 2.07. The lowest BCUT2D eigenvalue weighted by Gasteiger charge is -2.03. The molecule has 2 nitrogen and oxygen atoms in total. The van der Waals surface area contributed by atoms with Gasteiger partial charge in [-0.2, -0.15) is 0 Å². The monoisotopic (exact) mass is 222 g/mol. The quantitative estimate of drug-likeness (QED) is 0.805. The molecule has 0 aliphatic heterocycles. The lowest BCUT2D eigenvalue weighted by molar-refractivity contribution is 0.628. The number of nitrogens with zero attached hydrogens (tertiary/aromatic N) is 1. The van der Waals surface area contributed by atoms with Crippen LogP contribution >= 0.6 is 11.6 Å². The van der Waals surface area contributed by atoms with Gasteiger partial charge in [0.15, 0.2) is 0 Å². The maximum absolute atomic E-state index is 12.7. The molecule has 0 unspecified atom stereocenters. The van der Waals surface area contributed by atoms with Gasteiger partial charge in [0.25, 0.3) is 0 Å². The van der Waals surface area contributed by atoms with Crippen molar-refractivity contribution in [2.75, 3.05) is 5.73 Å². The van der Waals surface area contributed by atoms with Crippen molar-refractivity contribution in [2.24, 2.45) is 0 Å². The smallest absolute Gasteiger partial charge is 0.142 e. The van der Waals surface area contributed by atoms with Gasteiger partial charge < -0.3 is 5.73 Å². The van der Waals surface area contributed by atoms with Crippen LogP contribution in [0.25, 0.3) is 11.1 Å². The van der Waals surface area contributed by atoms with E-state index < -0.39 is 0 Å². The van der Waals surface area contributed by atoms with Gasteiger partial charge in [-0.25, -0.2) is 9.37 Å². The highest BCUT2D eigenvalue weighted by Gasteiger charge is 2.02. The molecule has 0 saturated carbocycles. The number of anilines is 1. The van der Waals surface area contributed by atoms with E-state index in [9.17, 15) is 4.39 Å². The average Bonchev–Trinajstić information content (AvgIpc) is 2.23. The standard InChI is InChI=1S/C11H8ClFN2/c12-10-5-8(6-15-11(10)14)7-1-3-9(13)4-2-7/h1-6H,(H2,14,15). The average molecular weight is 223 g/mol. The normalized spacial score (nSPS) is 10.3. The zero-order valence-corrected chi connectivity index (χ0v) is 8.50. The maximum Gasteiger partial charge on any atom is 0.142 e. The number of aromatic nitrogens is 1. The van der Waals surface area contributed by atoms with E-state index in [-0.39, 0.29) is 5.82 Å². The summed E-state index contributed by atoms with van der Waals surface area (Å²) in [6, 6.07) is 7.81. The predicted molar refractivity (Wildman–Crippen MR) is 59.1 cm³/mol. The van der Waals surface area contributed by atoms with Crippen LogP contribution in [-0.2, 0) is 0 Å². The van der Waals surface area contributed by atoms with E-state index in [1.54, 1.807) is 24.4 Å². The molecule has 4 heteroatoms. The summed E-state index contributed by atoms with van der Waals surface area (Å²) in [6.07, 6.45) is 1.61. The van der Waals surface area contributed by atoms with Crippen LogP contribution in [-0.4, -0.2) is 4.98 Å². The second kappa shape index (κ2) is 3.87. The maximum atomic E-state index is 12.7. The Morgan fingerprint density at radius 2 is 1.80 bits per heavy atom. The molecule has 0 spiro atoms. The minimum absolute atomic E-state index is 0.270. The lowest BCUT2D eigenvalue weighted by atomic mass is 10.1. The Kier molecular flexibility index (Phi) is 2.56. The first-order valence-electron chi connectivity index (χ1n) is 4.34. The Labute approximate surface area is 91.5 Å². The Balaban J connectivity index is 2.45. The number of halogens is 2. The van der Waals surface area contributed by atoms with Crippen LogP contribution in [0, 0.1) is 5.82 Å². The summed E-state index contributed by atoms with van der Waals surface area (Å²) in [4.78, 5) is 3.93. The van der Waals surface area contributed by atoms with Gasteiger partial charge in [0.1, 0.15) is 11.6 Å². The summed E-state index contributed by atoms with van der Waals surface area (Å²) in [7, 11) is 0. The van der Waals surface area contributed by atoms with E-state index in [1.165, 1.54) is 12.1 Å². The topological polar surface area (TPSA) is 38.9 Å². The zero-order valence-electron chi connectivity index (χ0n) is 7.74. The minimum Gasteiger partial charge on any atom is -0.382 e. The molecule has 0 aliphatic rings. The number of pyridine rings is 1. The summed E-state index contributed by atoms with van der Waals surface area (Å²) in [5.41, 5.74) is 7.15. The van der Waals surface area contributed by atoms with Gasteiger partial charge >= 0.3 is 0 Å². The zero-order chi connectivity index (χ0) is 10.8. The van der Waals surface area contributed by atoms with Gasteiger partial charge in [0.05, 0.1) is 5.02 Å². The molecule has 0 radical (unpaired) electrons. The van der Waals surface area contributed by atoms with Gasteiger partial charge in [0, 0.05) is 11.8 Å². The number of hydrogen-bond donors (Lipinski definition) is 1. The van der Waals surface area contributed by atoms with E-state index >= 15 is 0 Å². The molecular formula is C11H8ClFN2. The largest absolute Gasteiger partial charge is 0.382 e. The van der Waals surface area contributed by atoms with Crippen LogP contribution in [0.3, 0.4) is 0 Å². The van der Waals surface area contributed by atoms with Crippen LogP contribution in [0.4, 0.5) is 10.2 Å². The number of nitrogens with two attached hydrogens (primary N) is 1. The van der Waals surface area contributed by atoms with Crippen molar-refractivity contribution in [1.82, 2.24) is 4.98 Å². The van der Waals surface area contributed by atoms with Gasteiger partial charge in [-0.05, 0) is 23.8 Å². The molecule has 0 atom stereocenters. The van der Waals surface area contributed by atoms with E-state index in [1.807, 2.05) is 0 Å². The number of hydrogen-bond acceptors (Lipinski definition) is 2. The van der Waals surface area contributed by atoms with E-state index in [0.717, 1.165) is 11.1 Å². The molecule has 2 N–H and O–H groups in total. The molecule has 0 amide bonds. The summed E-state index contributed by atoms with van der Waals surface area (Å²) in [6.45, 7) is 0. The fraction of sp³-hybridized carbons (Fsp3) is 0. The highest BCUT2D eigenvalue weighted by atomic mass is 35.5. The highest BCUT2D eigenvalue weighted by molar-refractivity contribution is 6.33. The first-order valence-corrected chi connectivity index (χ1v) is 4.71. The molecule has 2 rings (SSSR count).